The van der Waals surface area contributed by atoms with Gasteiger partial charge in [-0.05, 0) is 130 Å². The zero-order valence-electron chi connectivity index (χ0n) is 23.5. The molecular formula is C26H59N3O2Si. The van der Waals surface area contributed by atoms with Crippen molar-refractivity contribution in [1.82, 2.24) is 14.7 Å². The van der Waals surface area contributed by atoms with E-state index in [1.54, 1.807) is 0 Å². The highest BCUT2D eigenvalue weighted by Crippen LogP contribution is 2.42. The van der Waals surface area contributed by atoms with Gasteiger partial charge in [0.25, 0.3) is 0 Å². The summed E-state index contributed by atoms with van der Waals surface area (Å²) in [4.78, 5) is 7.57. The van der Waals surface area contributed by atoms with Gasteiger partial charge in [-0.15, -0.1) is 0 Å². The van der Waals surface area contributed by atoms with Gasteiger partial charge < -0.3 is 23.6 Å². The van der Waals surface area contributed by atoms with E-state index in [9.17, 15) is 0 Å². The Balaban J connectivity index is 5.90. The third-order valence-corrected chi connectivity index (χ3v) is 10.9. The highest BCUT2D eigenvalue weighted by atomic mass is 28.4. The van der Waals surface area contributed by atoms with E-state index in [1.165, 1.54) is 58.2 Å². The second-order valence-electron chi connectivity index (χ2n) is 9.97. The van der Waals surface area contributed by atoms with Crippen molar-refractivity contribution >= 4 is 8.56 Å². The molecule has 0 heterocycles. The first-order valence-corrected chi connectivity index (χ1v) is 15.8. The average Bonchev–Trinajstić information content (AvgIpc) is 2.75. The Morgan fingerprint density at radius 3 is 1.16 bits per heavy atom. The molecule has 0 aliphatic heterocycles. The Hall–Kier alpha value is 0.0169. The van der Waals surface area contributed by atoms with E-state index in [0.29, 0.717) is 0 Å². The first-order chi connectivity index (χ1) is 15.3. The molecule has 0 unspecified atom stereocenters. The van der Waals surface area contributed by atoms with E-state index in [-0.39, 0.29) is 5.41 Å². The van der Waals surface area contributed by atoms with Gasteiger partial charge in [0.05, 0.1) is 0 Å². The summed E-state index contributed by atoms with van der Waals surface area (Å²) >= 11 is 0. The molecule has 194 valence electrons. The van der Waals surface area contributed by atoms with Crippen LogP contribution in [0.5, 0.6) is 0 Å². The van der Waals surface area contributed by atoms with Gasteiger partial charge in [-0.3, -0.25) is 0 Å². The number of hydrogen-bond donors (Lipinski definition) is 0. The highest BCUT2D eigenvalue weighted by molar-refractivity contribution is 6.67. The van der Waals surface area contributed by atoms with Crippen molar-refractivity contribution in [1.29, 1.82) is 0 Å². The smallest absolute Gasteiger partial charge is 0.338 e. The molecule has 0 aromatic heterocycles. The van der Waals surface area contributed by atoms with Gasteiger partial charge in [-0.1, -0.05) is 27.7 Å². The van der Waals surface area contributed by atoms with Crippen LogP contribution < -0.4 is 0 Å². The van der Waals surface area contributed by atoms with Gasteiger partial charge in [0, 0.05) is 13.2 Å². The van der Waals surface area contributed by atoms with Crippen LogP contribution in [0.15, 0.2) is 0 Å². The summed E-state index contributed by atoms with van der Waals surface area (Å²) < 4.78 is 13.0. The summed E-state index contributed by atoms with van der Waals surface area (Å²) in [5.41, 5.74) is 0.262. The highest BCUT2D eigenvalue weighted by Gasteiger charge is 2.45. The van der Waals surface area contributed by atoms with Crippen LogP contribution in [-0.2, 0) is 8.85 Å². The monoisotopic (exact) mass is 473 g/mol. The summed E-state index contributed by atoms with van der Waals surface area (Å²) in [7, 11) is 4.63. The van der Waals surface area contributed by atoms with Gasteiger partial charge in [0.15, 0.2) is 0 Å². The van der Waals surface area contributed by atoms with E-state index in [4.69, 9.17) is 8.85 Å². The normalized spacial score (nSPS) is 13.1. The van der Waals surface area contributed by atoms with Crippen molar-refractivity contribution in [3.8, 4) is 0 Å². The van der Waals surface area contributed by atoms with Crippen LogP contribution in [0.25, 0.3) is 0 Å². The molecule has 0 amide bonds. The number of hydrogen-bond acceptors (Lipinski definition) is 5. The predicted octanol–water partition coefficient (Wildman–Crippen LogP) is 5.70. The van der Waals surface area contributed by atoms with E-state index >= 15 is 0 Å². The Morgan fingerprint density at radius 2 is 0.906 bits per heavy atom. The molecule has 0 rings (SSSR count). The third kappa shape index (κ3) is 13.0. The number of nitrogens with zero attached hydrogens (tertiary/aromatic N) is 3. The van der Waals surface area contributed by atoms with Crippen LogP contribution in [0.1, 0.15) is 80.1 Å². The maximum absolute atomic E-state index is 6.51. The maximum atomic E-state index is 6.51. The molecule has 0 fully saturated rings. The summed E-state index contributed by atoms with van der Waals surface area (Å²) in [5.74, 6) is 0. The second-order valence-corrected chi connectivity index (χ2v) is 13.4. The van der Waals surface area contributed by atoms with Crippen molar-refractivity contribution in [3.05, 3.63) is 0 Å². The molecule has 0 spiro atoms. The van der Waals surface area contributed by atoms with Gasteiger partial charge in [0.1, 0.15) is 0 Å². The molecule has 0 aromatic rings. The van der Waals surface area contributed by atoms with Crippen LogP contribution in [0.4, 0.5) is 0 Å². The van der Waals surface area contributed by atoms with E-state index in [0.717, 1.165) is 44.9 Å². The minimum Gasteiger partial charge on any atom is -0.394 e. The Kier molecular flexibility index (Phi) is 18.4. The van der Waals surface area contributed by atoms with Crippen LogP contribution in [0.2, 0.25) is 12.1 Å². The fraction of sp³-hybridized carbons (Fsp3) is 1.00. The van der Waals surface area contributed by atoms with E-state index in [2.05, 4.69) is 77.4 Å². The van der Waals surface area contributed by atoms with Crippen LogP contribution in [-0.4, -0.2) is 96.9 Å². The van der Waals surface area contributed by atoms with E-state index in [1.807, 2.05) is 0 Å². The Bertz CT molecular complexity index is 393. The lowest BCUT2D eigenvalue weighted by Gasteiger charge is -2.43. The molecule has 0 atom stereocenters. The summed E-state index contributed by atoms with van der Waals surface area (Å²) in [5, 5.41) is 0. The molecule has 0 saturated carbocycles. The van der Waals surface area contributed by atoms with Crippen LogP contribution in [0, 0.1) is 5.41 Å². The maximum Gasteiger partial charge on any atom is 0.338 e. The summed E-state index contributed by atoms with van der Waals surface area (Å²) in [6, 6.07) is 2.16. The lowest BCUT2D eigenvalue weighted by Crippen LogP contribution is -2.48. The van der Waals surface area contributed by atoms with Crippen molar-refractivity contribution in [2.24, 2.45) is 5.41 Å². The van der Waals surface area contributed by atoms with E-state index < -0.39 is 8.56 Å². The first kappa shape index (κ1) is 32.0. The minimum atomic E-state index is -2.23. The van der Waals surface area contributed by atoms with Crippen molar-refractivity contribution < 1.29 is 8.85 Å². The second kappa shape index (κ2) is 18.4. The molecule has 0 aliphatic carbocycles. The fourth-order valence-electron chi connectivity index (χ4n) is 4.98. The predicted molar refractivity (Wildman–Crippen MR) is 144 cm³/mol. The van der Waals surface area contributed by atoms with Gasteiger partial charge in [-0.25, -0.2) is 0 Å². The first-order valence-electron chi connectivity index (χ1n) is 13.6. The molecule has 0 bridgehead atoms. The van der Waals surface area contributed by atoms with Crippen molar-refractivity contribution in [2.75, 3.05) is 73.6 Å². The van der Waals surface area contributed by atoms with Gasteiger partial charge in [0.2, 0.25) is 0 Å². The molecule has 32 heavy (non-hydrogen) atoms. The zero-order chi connectivity index (χ0) is 24.5. The third-order valence-electron chi connectivity index (χ3n) is 6.89. The molecule has 0 aromatic carbocycles. The SMILES string of the molecule is CCCN(C)CCC(CCN(C)CCC)(CCN(C)CCC)C[Si](CC)(OCC)OCC. The molecule has 0 radical (unpaired) electrons. The average molecular weight is 474 g/mol. The largest absolute Gasteiger partial charge is 0.394 e. The minimum absolute atomic E-state index is 0.262. The molecule has 6 heteroatoms. The standard InChI is InChI=1S/C26H59N3O2Si/c1-10-19-27(7)22-16-26(17-23-28(8)20-11-2,18-24-29(9)21-12-3)25-32(15-6,30-13-4)31-14-5/h10-25H2,1-9H3. The Morgan fingerprint density at radius 1 is 0.562 bits per heavy atom. The molecule has 0 N–H and O–H groups in total. The lowest BCUT2D eigenvalue weighted by molar-refractivity contribution is 0.121. The topological polar surface area (TPSA) is 28.2 Å². The summed E-state index contributed by atoms with van der Waals surface area (Å²) in [6.45, 7) is 21.9. The van der Waals surface area contributed by atoms with Crippen molar-refractivity contribution in [3.63, 3.8) is 0 Å². The molecule has 0 saturated heterocycles. The van der Waals surface area contributed by atoms with Crippen molar-refractivity contribution in [2.45, 2.75) is 92.2 Å². The van der Waals surface area contributed by atoms with Crippen LogP contribution in [0.3, 0.4) is 0 Å². The Labute approximate surface area is 203 Å². The zero-order valence-corrected chi connectivity index (χ0v) is 24.5. The fourth-order valence-corrected chi connectivity index (χ4v) is 8.65. The lowest BCUT2D eigenvalue weighted by atomic mass is 9.79. The molecule has 0 aliphatic rings. The quantitative estimate of drug-likeness (QED) is 0.188. The van der Waals surface area contributed by atoms with Gasteiger partial charge in [-0.2, -0.15) is 0 Å². The number of rotatable bonds is 22. The van der Waals surface area contributed by atoms with Gasteiger partial charge >= 0.3 is 8.56 Å². The van der Waals surface area contributed by atoms with Crippen LogP contribution >= 0.6 is 0 Å². The summed E-state index contributed by atoms with van der Waals surface area (Å²) in [6.07, 6.45) is 7.35. The molecule has 5 nitrogen and oxygen atoms in total. The molecular weight excluding hydrogens is 414 g/mol.